The monoisotopic (exact) mass is 451 g/mol. The average molecular weight is 452 g/mol. The van der Waals surface area contributed by atoms with E-state index in [-0.39, 0.29) is 23.9 Å². The van der Waals surface area contributed by atoms with Gasteiger partial charge in [-0.05, 0) is 62.5 Å². The van der Waals surface area contributed by atoms with Gasteiger partial charge < -0.3 is 20.1 Å². The van der Waals surface area contributed by atoms with E-state index in [1.807, 2.05) is 13.0 Å². The molecule has 33 heavy (non-hydrogen) atoms. The molecule has 2 saturated heterocycles. The number of hydrogen-bond acceptors (Lipinski definition) is 8. The lowest BCUT2D eigenvalue weighted by atomic mass is 9.77. The SMILES string of the molecule is CNc1nccc(N2CCC3(CCN(CC(O)c4ccc5c(c4C)COC5=O)CC3)C2=O)n1. The zero-order valence-corrected chi connectivity index (χ0v) is 19.0. The number of β-amino-alcohol motifs (C(OH)–C–C–N with tert-alkyl or cyclic N) is 1. The molecule has 2 aromatic rings. The van der Waals surface area contributed by atoms with E-state index in [4.69, 9.17) is 4.74 Å². The number of carbonyl (C=O) groups excluding carboxylic acids is 2. The quantitative estimate of drug-likeness (QED) is 0.665. The molecule has 3 aliphatic heterocycles. The van der Waals surface area contributed by atoms with Crippen LogP contribution in [0.5, 0.6) is 0 Å². The van der Waals surface area contributed by atoms with Crippen LogP contribution in [0.4, 0.5) is 11.8 Å². The Morgan fingerprint density at radius 1 is 1.18 bits per heavy atom. The molecular formula is C24H29N5O4. The van der Waals surface area contributed by atoms with E-state index in [1.54, 1.807) is 30.3 Å². The van der Waals surface area contributed by atoms with Crippen molar-refractivity contribution < 1.29 is 19.4 Å². The standard InChI is InChI=1S/C24H29N5O4/c1-15-16(3-4-17-18(15)14-33-21(17)31)19(30)13-28-10-6-24(7-11-28)8-12-29(22(24)32)20-5-9-26-23(25-2)27-20/h3-5,9,19,30H,6-8,10-14H2,1-2H3,(H,25,26,27). The van der Waals surface area contributed by atoms with Crippen LogP contribution >= 0.6 is 0 Å². The first-order chi connectivity index (χ1) is 15.9. The number of aliphatic hydroxyl groups excluding tert-OH is 1. The van der Waals surface area contributed by atoms with Crippen LogP contribution in [0.3, 0.4) is 0 Å². The maximum Gasteiger partial charge on any atom is 0.338 e. The largest absolute Gasteiger partial charge is 0.457 e. The molecule has 1 aromatic heterocycles. The van der Waals surface area contributed by atoms with E-state index in [9.17, 15) is 14.7 Å². The molecule has 5 rings (SSSR count). The van der Waals surface area contributed by atoms with Crippen molar-refractivity contribution in [3.8, 4) is 0 Å². The minimum absolute atomic E-state index is 0.141. The number of cyclic esters (lactones) is 1. The molecule has 2 fully saturated rings. The first-order valence-corrected chi connectivity index (χ1v) is 11.4. The number of ether oxygens (including phenoxy) is 1. The molecule has 1 atom stereocenters. The summed E-state index contributed by atoms with van der Waals surface area (Å²) in [4.78, 5) is 37.7. The Morgan fingerprint density at radius 2 is 1.94 bits per heavy atom. The Kier molecular flexibility index (Phi) is 5.54. The fourth-order valence-corrected chi connectivity index (χ4v) is 5.36. The molecule has 1 unspecified atom stereocenters. The molecule has 174 valence electrons. The number of carbonyl (C=O) groups is 2. The number of benzene rings is 1. The molecule has 1 aromatic carbocycles. The number of likely N-dealkylation sites (tertiary alicyclic amines) is 1. The number of aromatic nitrogens is 2. The summed E-state index contributed by atoms with van der Waals surface area (Å²) in [6.07, 6.45) is 3.37. The first-order valence-electron chi connectivity index (χ1n) is 11.4. The van der Waals surface area contributed by atoms with Gasteiger partial charge in [0.1, 0.15) is 12.4 Å². The van der Waals surface area contributed by atoms with Crippen LogP contribution in [-0.2, 0) is 16.1 Å². The molecule has 9 nitrogen and oxygen atoms in total. The van der Waals surface area contributed by atoms with Crippen molar-refractivity contribution in [1.29, 1.82) is 0 Å². The lowest BCUT2D eigenvalue weighted by Crippen LogP contribution is -2.45. The van der Waals surface area contributed by atoms with E-state index in [0.29, 0.717) is 30.4 Å². The summed E-state index contributed by atoms with van der Waals surface area (Å²) in [6.45, 7) is 4.88. The van der Waals surface area contributed by atoms with Gasteiger partial charge in [0.2, 0.25) is 11.9 Å². The summed E-state index contributed by atoms with van der Waals surface area (Å²) < 4.78 is 5.13. The summed E-state index contributed by atoms with van der Waals surface area (Å²) in [5.74, 6) is 0.990. The molecule has 0 bridgehead atoms. The van der Waals surface area contributed by atoms with Crippen molar-refractivity contribution >= 4 is 23.6 Å². The third kappa shape index (κ3) is 3.75. The summed E-state index contributed by atoms with van der Waals surface area (Å²) in [6, 6.07) is 5.36. The molecule has 1 amide bonds. The normalized spacial score (nSPS) is 20.8. The minimum Gasteiger partial charge on any atom is -0.457 e. The fraction of sp³-hybridized carbons (Fsp3) is 0.500. The number of esters is 1. The Balaban J connectivity index is 1.23. The highest BCUT2D eigenvalue weighted by molar-refractivity contribution is 5.99. The van der Waals surface area contributed by atoms with Gasteiger partial charge in [-0.15, -0.1) is 0 Å². The summed E-state index contributed by atoms with van der Waals surface area (Å²) in [5.41, 5.74) is 2.87. The second kappa shape index (κ2) is 8.39. The van der Waals surface area contributed by atoms with Crippen LogP contribution in [0.1, 0.15) is 52.4 Å². The maximum absolute atomic E-state index is 13.4. The predicted molar refractivity (Wildman–Crippen MR) is 122 cm³/mol. The second-order valence-corrected chi connectivity index (χ2v) is 9.17. The minimum atomic E-state index is -0.656. The lowest BCUT2D eigenvalue weighted by Gasteiger charge is -2.38. The maximum atomic E-state index is 13.4. The Morgan fingerprint density at radius 3 is 2.70 bits per heavy atom. The van der Waals surface area contributed by atoms with Crippen LogP contribution < -0.4 is 10.2 Å². The van der Waals surface area contributed by atoms with E-state index in [1.165, 1.54) is 0 Å². The first kappa shape index (κ1) is 21.8. The molecule has 0 radical (unpaired) electrons. The van der Waals surface area contributed by atoms with Crippen LogP contribution in [0.15, 0.2) is 24.4 Å². The molecule has 1 spiro atoms. The van der Waals surface area contributed by atoms with Gasteiger partial charge in [0.25, 0.3) is 0 Å². The zero-order chi connectivity index (χ0) is 23.2. The topological polar surface area (TPSA) is 108 Å². The summed E-state index contributed by atoms with van der Waals surface area (Å²) >= 11 is 0. The van der Waals surface area contributed by atoms with Gasteiger partial charge in [-0.2, -0.15) is 4.98 Å². The summed E-state index contributed by atoms with van der Waals surface area (Å²) in [7, 11) is 1.76. The van der Waals surface area contributed by atoms with Crippen LogP contribution in [-0.4, -0.2) is 65.1 Å². The van der Waals surface area contributed by atoms with Crippen LogP contribution in [0, 0.1) is 12.3 Å². The highest BCUT2D eigenvalue weighted by Gasteiger charge is 2.49. The van der Waals surface area contributed by atoms with Gasteiger partial charge in [0, 0.05) is 31.9 Å². The Labute approximate surface area is 192 Å². The number of hydrogen-bond donors (Lipinski definition) is 2. The molecule has 4 heterocycles. The average Bonchev–Trinajstić information content (AvgIpc) is 3.36. The molecule has 3 aliphatic rings. The molecule has 2 N–H and O–H groups in total. The van der Waals surface area contributed by atoms with Crippen molar-refractivity contribution in [3.63, 3.8) is 0 Å². The van der Waals surface area contributed by atoms with E-state index < -0.39 is 6.10 Å². The zero-order valence-electron chi connectivity index (χ0n) is 19.0. The number of amides is 1. The van der Waals surface area contributed by atoms with Gasteiger partial charge in [-0.25, -0.2) is 9.78 Å². The Bertz CT molecular complexity index is 1100. The highest BCUT2D eigenvalue weighted by atomic mass is 16.5. The second-order valence-electron chi connectivity index (χ2n) is 9.17. The Hall–Kier alpha value is -3.04. The number of rotatable bonds is 5. The van der Waals surface area contributed by atoms with Crippen LogP contribution in [0.25, 0.3) is 0 Å². The van der Waals surface area contributed by atoms with Crippen molar-refractivity contribution in [2.24, 2.45) is 5.41 Å². The number of nitrogens with one attached hydrogen (secondary N) is 1. The molecule has 0 saturated carbocycles. The van der Waals surface area contributed by atoms with E-state index >= 15 is 0 Å². The summed E-state index contributed by atoms with van der Waals surface area (Å²) in [5, 5.41) is 13.9. The third-order valence-corrected chi connectivity index (χ3v) is 7.46. The van der Waals surface area contributed by atoms with Gasteiger partial charge in [0.05, 0.1) is 17.1 Å². The van der Waals surface area contributed by atoms with Gasteiger partial charge in [-0.3, -0.25) is 9.69 Å². The van der Waals surface area contributed by atoms with Crippen LogP contribution in [0.2, 0.25) is 0 Å². The van der Waals surface area contributed by atoms with E-state index in [2.05, 4.69) is 20.2 Å². The number of piperidine rings is 1. The van der Waals surface area contributed by atoms with Gasteiger partial charge in [-0.1, -0.05) is 6.07 Å². The number of nitrogens with zero attached hydrogens (tertiary/aromatic N) is 4. The van der Waals surface area contributed by atoms with Gasteiger partial charge in [0.15, 0.2) is 0 Å². The number of anilines is 2. The molecular weight excluding hydrogens is 422 g/mol. The fourth-order valence-electron chi connectivity index (χ4n) is 5.36. The predicted octanol–water partition coefficient (Wildman–Crippen LogP) is 2.05. The third-order valence-electron chi connectivity index (χ3n) is 7.46. The van der Waals surface area contributed by atoms with Crippen molar-refractivity contribution in [1.82, 2.24) is 14.9 Å². The van der Waals surface area contributed by atoms with Crippen molar-refractivity contribution in [2.75, 3.05) is 43.4 Å². The number of fused-ring (bicyclic) bond motifs is 1. The number of aliphatic hydroxyl groups is 1. The highest BCUT2D eigenvalue weighted by Crippen LogP contribution is 2.43. The lowest BCUT2D eigenvalue weighted by molar-refractivity contribution is -0.128. The molecule has 0 aliphatic carbocycles. The molecule has 9 heteroatoms. The van der Waals surface area contributed by atoms with Crippen molar-refractivity contribution in [2.45, 2.75) is 38.9 Å². The van der Waals surface area contributed by atoms with Crippen molar-refractivity contribution in [3.05, 3.63) is 46.6 Å². The van der Waals surface area contributed by atoms with E-state index in [0.717, 1.165) is 49.0 Å². The smallest absolute Gasteiger partial charge is 0.338 e. The van der Waals surface area contributed by atoms with Gasteiger partial charge >= 0.3 is 5.97 Å².